The maximum atomic E-state index is 4.99. The number of fused-ring (bicyclic) bond motifs is 1. The summed E-state index contributed by atoms with van der Waals surface area (Å²) >= 11 is 0. The molecule has 22 heavy (non-hydrogen) atoms. The van der Waals surface area contributed by atoms with Gasteiger partial charge in [-0.15, -0.1) is 0 Å². The van der Waals surface area contributed by atoms with Crippen molar-refractivity contribution in [2.45, 2.75) is 59.3 Å². The number of aryl methyl sites for hydroxylation is 3. The summed E-state index contributed by atoms with van der Waals surface area (Å²) in [6.07, 6.45) is 7.20. The highest BCUT2D eigenvalue weighted by Gasteiger charge is 2.20. The van der Waals surface area contributed by atoms with E-state index < -0.39 is 0 Å². The third kappa shape index (κ3) is 2.90. The lowest BCUT2D eigenvalue weighted by Crippen LogP contribution is -2.08. The molecule has 118 valence electrons. The highest BCUT2D eigenvalue weighted by molar-refractivity contribution is 5.56. The Bertz CT molecular complexity index is 655. The van der Waals surface area contributed by atoms with Gasteiger partial charge in [0, 0.05) is 12.1 Å². The number of rotatable bonds is 4. The van der Waals surface area contributed by atoms with Gasteiger partial charge in [0.15, 0.2) is 0 Å². The molecule has 2 heterocycles. The zero-order valence-corrected chi connectivity index (χ0v) is 14.1. The number of anilines is 1. The van der Waals surface area contributed by atoms with E-state index in [4.69, 9.17) is 5.10 Å². The van der Waals surface area contributed by atoms with Crippen LogP contribution in [-0.4, -0.2) is 16.3 Å². The Balaban J connectivity index is 2.08. The van der Waals surface area contributed by atoms with Crippen molar-refractivity contribution in [2.75, 3.05) is 11.9 Å². The Hall–Kier alpha value is -1.77. The van der Waals surface area contributed by atoms with Crippen LogP contribution in [0.15, 0.2) is 18.2 Å². The molecule has 0 radical (unpaired) electrons. The monoisotopic (exact) mass is 297 g/mol. The standard InChI is InChI=1S/C19H27N3/c1-4-5-9-17-16-8-6-7-12-20-19(16)22(21-17)18-11-10-14(2)13-15(18)3/h10-11,13,20H,4-9,12H2,1-3H3. The summed E-state index contributed by atoms with van der Waals surface area (Å²) < 4.78 is 2.15. The smallest absolute Gasteiger partial charge is 0.133 e. The van der Waals surface area contributed by atoms with Crippen LogP contribution >= 0.6 is 0 Å². The van der Waals surface area contributed by atoms with Gasteiger partial charge < -0.3 is 5.32 Å². The minimum Gasteiger partial charge on any atom is -0.370 e. The Morgan fingerprint density at radius 3 is 2.86 bits per heavy atom. The lowest BCUT2D eigenvalue weighted by Gasteiger charge is -2.12. The zero-order chi connectivity index (χ0) is 15.5. The van der Waals surface area contributed by atoms with E-state index in [1.807, 2.05) is 0 Å². The number of hydrogen-bond donors (Lipinski definition) is 1. The molecule has 0 amide bonds. The molecule has 3 heteroatoms. The van der Waals surface area contributed by atoms with Crippen LogP contribution in [0.3, 0.4) is 0 Å². The van der Waals surface area contributed by atoms with Crippen molar-refractivity contribution in [3.63, 3.8) is 0 Å². The van der Waals surface area contributed by atoms with Crippen LogP contribution in [0.5, 0.6) is 0 Å². The topological polar surface area (TPSA) is 29.9 Å². The molecule has 0 bridgehead atoms. The average molecular weight is 297 g/mol. The van der Waals surface area contributed by atoms with E-state index in [1.54, 1.807) is 0 Å². The average Bonchev–Trinajstić information content (AvgIpc) is 2.68. The molecule has 1 aromatic heterocycles. The molecule has 0 unspecified atom stereocenters. The molecule has 1 aromatic carbocycles. The number of unbranched alkanes of at least 4 members (excludes halogenated alkanes) is 1. The molecule has 0 spiro atoms. The van der Waals surface area contributed by atoms with Crippen molar-refractivity contribution < 1.29 is 0 Å². The molecular formula is C19H27N3. The first-order valence-corrected chi connectivity index (χ1v) is 8.63. The highest BCUT2D eigenvalue weighted by Crippen LogP contribution is 2.30. The normalized spacial score (nSPS) is 14.3. The quantitative estimate of drug-likeness (QED) is 0.895. The summed E-state index contributed by atoms with van der Waals surface area (Å²) in [5, 5.41) is 8.62. The summed E-state index contributed by atoms with van der Waals surface area (Å²) in [4.78, 5) is 0. The number of aromatic nitrogens is 2. The van der Waals surface area contributed by atoms with Crippen molar-refractivity contribution in [2.24, 2.45) is 0 Å². The van der Waals surface area contributed by atoms with E-state index in [9.17, 15) is 0 Å². The molecule has 3 nitrogen and oxygen atoms in total. The van der Waals surface area contributed by atoms with Crippen LogP contribution in [0.2, 0.25) is 0 Å². The first kappa shape index (κ1) is 15.1. The molecule has 0 saturated heterocycles. The van der Waals surface area contributed by atoms with Crippen LogP contribution < -0.4 is 5.32 Å². The van der Waals surface area contributed by atoms with Crippen LogP contribution in [0.4, 0.5) is 5.82 Å². The van der Waals surface area contributed by atoms with Gasteiger partial charge in [0.25, 0.3) is 0 Å². The molecule has 2 aromatic rings. The third-order valence-electron chi connectivity index (χ3n) is 4.56. The van der Waals surface area contributed by atoms with Crippen molar-refractivity contribution in [3.05, 3.63) is 40.6 Å². The fraction of sp³-hybridized carbons (Fsp3) is 0.526. The van der Waals surface area contributed by atoms with E-state index in [2.05, 4.69) is 49.0 Å². The molecule has 1 aliphatic heterocycles. The maximum Gasteiger partial charge on any atom is 0.133 e. The van der Waals surface area contributed by atoms with Gasteiger partial charge in [0.2, 0.25) is 0 Å². The Morgan fingerprint density at radius 1 is 1.23 bits per heavy atom. The molecule has 0 saturated carbocycles. The van der Waals surface area contributed by atoms with E-state index >= 15 is 0 Å². The number of hydrogen-bond acceptors (Lipinski definition) is 2. The fourth-order valence-corrected chi connectivity index (χ4v) is 3.34. The minimum absolute atomic E-state index is 1.05. The van der Waals surface area contributed by atoms with Gasteiger partial charge in [-0.2, -0.15) is 5.10 Å². The van der Waals surface area contributed by atoms with Crippen LogP contribution in [0.1, 0.15) is 55.0 Å². The van der Waals surface area contributed by atoms with Gasteiger partial charge in [0.1, 0.15) is 5.82 Å². The molecule has 0 atom stereocenters. The first-order chi connectivity index (χ1) is 10.7. The van der Waals surface area contributed by atoms with E-state index in [0.717, 1.165) is 19.4 Å². The SMILES string of the molecule is CCCCc1nn(-c2ccc(C)cc2C)c2c1CCCCN2. The van der Waals surface area contributed by atoms with Gasteiger partial charge in [-0.25, -0.2) is 4.68 Å². The molecule has 3 rings (SSSR count). The van der Waals surface area contributed by atoms with E-state index in [-0.39, 0.29) is 0 Å². The second-order valence-corrected chi connectivity index (χ2v) is 6.46. The molecule has 0 fully saturated rings. The van der Waals surface area contributed by atoms with Crippen LogP contribution in [0, 0.1) is 13.8 Å². The summed E-state index contributed by atoms with van der Waals surface area (Å²) in [6, 6.07) is 6.62. The molecule has 0 aliphatic carbocycles. The largest absolute Gasteiger partial charge is 0.370 e. The van der Waals surface area contributed by atoms with Gasteiger partial charge in [-0.3, -0.25) is 0 Å². The minimum atomic E-state index is 1.05. The van der Waals surface area contributed by atoms with Crippen molar-refractivity contribution >= 4 is 5.82 Å². The van der Waals surface area contributed by atoms with E-state index in [0.29, 0.717) is 0 Å². The summed E-state index contributed by atoms with van der Waals surface area (Å²) in [6.45, 7) is 7.62. The van der Waals surface area contributed by atoms with Gasteiger partial charge in [0.05, 0.1) is 11.4 Å². The van der Waals surface area contributed by atoms with E-state index in [1.165, 1.54) is 59.6 Å². The number of nitrogens with zero attached hydrogens (tertiary/aromatic N) is 2. The summed E-state index contributed by atoms with van der Waals surface area (Å²) in [5.41, 5.74) is 6.55. The number of benzene rings is 1. The van der Waals surface area contributed by atoms with Gasteiger partial charge in [-0.1, -0.05) is 31.0 Å². The number of nitrogens with one attached hydrogen (secondary N) is 1. The van der Waals surface area contributed by atoms with Gasteiger partial charge in [-0.05, 0) is 57.6 Å². The van der Waals surface area contributed by atoms with Crippen LogP contribution in [-0.2, 0) is 12.8 Å². The Kier molecular flexibility index (Phi) is 4.51. The lowest BCUT2D eigenvalue weighted by molar-refractivity contribution is 0.727. The second-order valence-electron chi connectivity index (χ2n) is 6.46. The Morgan fingerprint density at radius 2 is 2.09 bits per heavy atom. The summed E-state index contributed by atoms with van der Waals surface area (Å²) in [5.74, 6) is 1.23. The fourth-order valence-electron chi connectivity index (χ4n) is 3.34. The van der Waals surface area contributed by atoms with Crippen molar-refractivity contribution in [3.8, 4) is 5.69 Å². The summed E-state index contributed by atoms with van der Waals surface area (Å²) in [7, 11) is 0. The highest BCUT2D eigenvalue weighted by atomic mass is 15.3. The lowest BCUT2D eigenvalue weighted by atomic mass is 10.1. The van der Waals surface area contributed by atoms with Gasteiger partial charge >= 0.3 is 0 Å². The molecular weight excluding hydrogens is 270 g/mol. The zero-order valence-electron chi connectivity index (χ0n) is 14.1. The maximum absolute atomic E-state index is 4.99. The second kappa shape index (κ2) is 6.55. The van der Waals surface area contributed by atoms with Crippen LogP contribution in [0.25, 0.3) is 5.69 Å². The third-order valence-corrected chi connectivity index (χ3v) is 4.56. The molecule has 1 N–H and O–H groups in total. The predicted molar refractivity (Wildman–Crippen MR) is 93.1 cm³/mol. The van der Waals surface area contributed by atoms with Crippen molar-refractivity contribution in [1.29, 1.82) is 0 Å². The predicted octanol–water partition coefficient (Wildman–Crippen LogP) is 4.58. The molecule has 1 aliphatic rings. The first-order valence-electron chi connectivity index (χ1n) is 8.63. The Labute approximate surface area is 133 Å². The van der Waals surface area contributed by atoms with Crippen molar-refractivity contribution in [1.82, 2.24) is 9.78 Å².